The van der Waals surface area contributed by atoms with Crippen molar-refractivity contribution in [3.63, 3.8) is 0 Å². The molecule has 1 heterocycles. The molecule has 4 atom stereocenters. The smallest absolute Gasteiger partial charge is 0.417 e. The van der Waals surface area contributed by atoms with E-state index in [1.165, 1.54) is 19.1 Å². The van der Waals surface area contributed by atoms with E-state index in [2.05, 4.69) is 5.32 Å². The zero-order chi connectivity index (χ0) is 33.7. The molecule has 45 heavy (non-hydrogen) atoms. The summed E-state index contributed by atoms with van der Waals surface area (Å²) in [5.41, 5.74) is 2.21. The molecule has 9 nitrogen and oxygen atoms in total. The first-order valence-electron chi connectivity index (χ1n) is 13.5. The van der Waals surface area contributed by atoms with Crippen LogP contribution >= 0.6 is 0 Å². The number of carbonyl (C=O) groups excluding carboxylic acids is 4. The Kier molecular flexibility index (Phi) is 11.0. The van der Waals surface area contributed by atoms with Gasteiger partial charge in [-0.05, 0) is 31.4 Å². The standard InChI is InChI=1S/C28H28F8N4O5/c1-2-8-27(26(37)44,40-25(43)23(28(34,35)36)39-18-6-4-3-5-15(18)29)14(10-13-7-9-38-24(13)42)19(41)12-45-22-20(32)16(30)11-17(31)21(22)33/h3-6,11,13-14,23,39H,2,7-10,12H2,1H3,(H2,37,44)(H,38,42)(H,40,43)/t13-,14-,23?,27?/m1/s1. The van der Waals surface area contributed by atoms with Crippen LogP contribution in [0.5, 0.6) is 5.75 Å². The van der Waals surface area contributed by atoms with E-state index in [-0.39, 0.29) is 25.5 Å². The molecule has 0 aromatic heterocycles. The van der Waals surface area contributed by atoms with Gasteiger partial charge in [0.1, 0.15) is 18.0 Å². The lowest BCUT2D eigenvalue weighted by Crippen LogP contribution is -2.67. The first-order valence-corrected chi connectivity index (χ1v) is 13.5. The van der Waals surface area contributed by atoms with E-state index < -0.39 is 113 Å². The summed E-state index contributed by atoms with van der Waals surface area (Å²) < 4.78 is 117. The fourth-order valence-electron chi connectivity index (χ4n) is 5.08. The first-order chi connectivity index (χ1) is 21.0. The molecule has 0 radical (unpaired) electrons. The highest BCUT2D eigenvalue weighted by Crippen LogP contribution is 2.35. The van der Waals surface area contributed by atoms with Crippen LogP contribution < -0.4 is 26.4 Å². The minimum Gasteiger partial charge on any atom is -0.480 e. The maximum Gasteiger partial charge on any atom is 0.417 e. The van der Waals surface area contributed by atoms with Gasteiger partial charge < -0.3 is 26.4 Å². The van der Waals surface area contributed by atoms with Crippen LogP contribution in [0.25, 0.3) is 0 Å². The van der Waals surface area contributed by atoms with E-state index in [1.807, 2.05) is 5.32 Å². The van der Waals surface area contributed by atoms with Gasteiger partial charge in [-0.2, -0.15) is 22.0 Å². The number of primary amides is 1. The normalized spacial score (nSPS) is 17.5. The second-order valence-corrected chi connectivity index (χ2v) is 10.3. The van der Waals surface area contributed by atoms with Gasteiger partial charge in [-0.3, -0.25) is 19.2 Å². The van der Waals surface area contributed by atoms with E-state index in [0.717, 1.165) is 12.1 Å². The molecule has 1 fully saturated rings. The number of hydrogen-bond acceptors (Lipinski definition) is 6. The van der Waals surface area contributed by atoms with Crippen LogP contribution in [0.3, 0.4) is 0 Å². The van der Waals surface area contributed by atoms with Gasteiger partial charge in [0, 0.05) is 18.5 Å². The van der Waals surface area contributed by atoms with Crippen LogP contribution in [0.1, 0.15) is 32.6 Å². The average Bonchev–Trinajstić information content (AvgIpc) is 3.37. The summed E-state index contributed by atoms with van der Waals surface area (Å²) in [5.74, 6) is -19.0. The molecule has 1 aliphatic heterocycles. The Labute approximate surface area is 250 Å². The largest absolute Gasteiger partial charge is 0.480 e. The Morgan fingerprint density at radius 2 is 1.67 bits per heavy atom. The lowest BCUT2D eigenvalue weighted by Gasteiger charge is -2.40. The third-order valence-corrected chi connectivity index (χ3v) is 7.29. The molecule has 17 heteroatoms. The van der Waals surface area contributed by atoms with Crippen LogP contribution in [-0.2, 0) is 19.2 Å². The van der Waals surface area contributed by atoms with Gasteiger partial charge in [-0.1, -0.05) is 25.5 Å². The third kappa shape index (κ3) is 7.81. The third-order valence-electron chi connectivity index (χ3n) is 7.29. The van der Waals surface area contributed by atoms with E-state index in [0.29, 0.717) is 0 Å². The summed E-state index contributed by atoms with van der Waals surface area (Å²) >= 11 is 0. The van der Waals surface area contributed by atoms with Gasteiger partial charge in [0.2, 0.25) is 29.5 Å². The number of nitrogens with two attached hydrogens (primary N) is 1. The quantitative estimate of drug-likeness (QED) is 0.182. The minimum absolute atomic E-state index is 0.0801. The summed E-state index contributed by atoms with van der Waals surface area (Å²) in [6, 6.07) is 0.766. The molecule has 2 unspecified atom stereocenters. The number of benzene rings is 2. The number of ketones is 1. The summed E-state index contributed by atoms with van der Waals surface area (Å²) in [6.45, 7) is 0.121. The van der Waals surface area contributed by atoms with Crippen molar-refractivity contribution >= 4 is 29.2 Å². The Balaban J connectivity index is 2.06. The summed E-state index contributed by atoms with van der Waals surface area (Å²) in [5, 5.41) is 6.07. The molecule has 3 amide bonds. The predicted octanol–water partition coefficient (Wildman–Crippen LogP) is 3.66. The van der Waals surface area contributed by atoms with Crippen molar-refractivity contribution in [3.05, 3.63) is 59.4 Å². The number of alkyl halides is 3. The lowest BCUT2D eigenvalue weighted by atomic mass is 9.72. The fourth-order valence-corrected chi connectivity index (χ4v) is 5.08. The Hall–Kier alpha value is -4.44. The number of halogens is 8. The molecule has 2 aromatic rings. The van der Waals surface area contributed by atoms with Gasteiger partial charge in [0.05, 0.1) is 11.6 Å². The molecule has 0 aliphatic carbocycles. The fraction of sp³-hybridized carbons (Fsp3) is 0.429. The lowest BCUT2D eigenvalue weighted by molar-refractivity contribution is -0.162. The molecule has 0 spiro atoms. The molecule has 5 N–H and O–H groups in total. The highest BCUT2D eigenvalue weighted by Gasteiger charge is 2.54. The van der Waals surface area contributed by atoms with E-state index >= 15 is 0 Å². The predicted molar refractivity (Wildman–Crippen MR) is 141 cm³/mol. The number of carbonyl (C=O) groups is 4. The first kappa shape index (κ1) is 35.0. The van der Waals surface area contributed by atoms with Crippen LogP contribution in [-0.4, -0.2) is 54.4 Å². The average molecular weight is 653 g/mol. The monoisotopic (exact) mass is 652 g/mol. The number of ether oxygens (including phenoxy) is 1. The summed E-state index contributed by atoms with van der Waals surface area (Å²) in [6.07, 6.45) is -6.61. The summed E-state index contributed by atoms with van der Waals surface area (Å²) in [4.78, 5) is 52.3. The van der Waals surface area contributed by atoms with Crippen molar-refractivity contribution in [2.75, 3.05) is 18.5 Å². The van der Waals surface area contributed by atoms with Gasteiger partial charge in [-0.25, -0.2) is 13.2 Å². The van der Waals surface area contributed by atoms with Crippen LogP contribution in [0.15, 0.2) is 30.3 Å². The Morgan fingerprint density at radius 1 is 1.04 bits per heavy atom. The van der Waals surface area contributed by atoms with Crippen LogP contribution in [0.4, 0.5) is 40.8 Å². The number of Topliss-reactive ketones (excluding diaryl/α,β-unsaturated/α-hetero) is 1. The molecule has 246 valence electrons. The SMILES string of the molecule is CCCC(NC(=O)C(Nc1ccccc1F)C(F)(F)F)(C(N)=O)[C@H](C[C@H]1CCNC1=O)C(=O)COc1c(F)c(F)cc(F)c1F. The van der Waals surface area contributed by atoms with Crippen molar-refractivity contribution in [2.24, 2.45) is 17.6 Å². The molecule has 1 saturated heterocycles. The number of rotatable bonds is 14. The molecule has 3 rings (SSSR count). The number of amides is 3. The zero-order valence-electron chi connectivity index (χ0n) is 23.5. The van der Waals surface area contributed by atoms with Crippen LogP contribution in [0.2, 0.25) is 0 Å². The van der Waals surface area contributed by atoms with E-state index in [9.17, 15) is 54.3 Å². The Bertz CT molecular complexity index is 1430. The maximum atomic E-state index is 14.2. The topological polar surface area (TPSA) is 140 Å². The molecular weight excluding hydrogens is 624 g/mol. The minimum atomic E-state index is -5.40. The summed E-state index contributed by atoms with van der Waals surface area (Å²) in [7, 11) is 0. The Morgan fingerprint density at radius 3 is 2.18 bits per heavy atom. The molecule has 2 aromatic carbocycles. The number of nitrogens with one attached hydrogen (secondary N) is 3. The highest BCUT2D eigenvalue weighted by atomic mass is 19.4. The van der Waals surface area contributed by atoms with E-state index in [1.54, 1.807) is 5.32 Å². The molecule has 1 aliphatic rings. The molecular formula is C28H28F8N4O5. The van der Waals surface area contributed by atoms with Crippen molar-refractivity contribution in [3.8, 4) is 5.75 Å². The second kappa shape index (κ2) is 14.1. The second-order valence-electron chi connectivity index (χ2n) is 10.3. The van der Waals surface area contributed by atoms with Crippen molar-refractivity contribution in [1.82, 2.24) is 10.6 Å². The van der Waals surface area contributed by atoms with Crippen molar-refractivity contribution < 1.29 is 59.0 Å². The van der Waals surface area contributed by atoms with Crippen molar-refractivity contribution in [2.45, 2.75) is 50.4 Å². The van der Waals surface area contributed by atoms with Gasteiger partial charge in [-0.15, -0.1) is 0 Å². The maximum absolute atomic E-state index is 14.2. The highest BCUT2D eigenvalue weighted by molar-refractivity contribution is 5.99. The number of anilines is 1. The molecule has 0 bridgehead atoms. The van der Waals surface area contributed by atoms with Gasteiger partial charge >= 0.3 is 6.18 Å². The number of hydrogen-bond donors (Lipinski definition) is 4. The number of para-hydroxylation sites is 1. The zero-order valence-corrected chi connectivity index (χ0v) is 23.5. The van der Waals surface area contributed by atoms with Gasteiger partial charge in [0.15, 0.2) is 23.2 Å². The van der Waals surface area contributed by atoms with Crippen molar-refractivity contribution in [1.29, 1.82) is 0 Å². The van der Waals surface area contributed by atoms with E-state index in [4.69, 9.17) is 10.5 Å². The van der Waals surface area contributed by atoms with Gasteiger partial charge in [0.25, 0.3) is 5.91 Å². The van der Waals surface area contributed by atoms with Crippen LogP contribution in [0, 0.1) is 40.9 Å². The molecule has 0 saturated carbocycles.